The van der Waals surface area contributed by atoms with E-state index in [0.717, 1.165) is 25.9 Å². The Kier molecular flexibility index (Phi) is 6.90. The van der Waals surface area contributed by atoms with Gasteiger partial charge in [0.2, 0.25) is 5.91 Å². The lowest BCUT2D eigenvalue weighted by molar-refractivity contribution is -0.123. The van der Waals surface area contributed by atoms with E-state index >= 15 is 0 Å². The minimum Gasteiger partial charge on any atom is -0.396 e. The Morgan fingerprint density at radius 2 is 2.21 bits per heavy atom. The number of nitrogens with zero attached hydrogens (tertiary/aromatic N) is 2. The van der Waals surface area contributed by atoms with Gasteiger partial charge in [-0.2, -0.15) is 0 Å². The van der Waals surface area contributed by atoms with Crippen LogP contribution in [-0.4, -0.2) is 40.7 Å². The van der Waals surface area contributed by atoms with Gasteiger partial charge < -0.3 is 15.7 Å². The fraction of sp³-hybridized carbons (Fsp3) is 0.583. The maximum absolute atomic E-state index is 12.1. The van der Waals surface area contributed by atoms with E-state index in [4.69, 9.17) is 0 Å². The first-order chi connectivity index (χ1) is 8.81. The normalized spacial score (nSPS) is 17.3. The zero-order valence-corrected chi connectivity index (χ0v) is 12.3. The van der Waals surface area contributed by atoms with Crippen molar-refractivity contribution in [1.82, 2.24) is 15.3 Å². The molecule has 1 aromatic rings. The summed E-state index contributed by atoms with van der Waals surface area (Å²) in [6, 6.07) is 0. The molecule has 0 aromatic carbocycles. The van der Waals surface area contributed by atoms with Crippen LogP contribution in [0.2, 0.25) is 0 Å². The van der Waals surface area contributed by atoms with Gasteiger partial charge in [0.1, 0.15) is 0 Å². The van der Waals surface area contributed by atoms with Gasteiger partial charge in [-0.05, 0) is 31.8 Å². The minimum absolute atomic E-state index is 0. The fourth-order valence-electron chi connectivity index (χ4n) is 2.28. The molecule has 3 N–H and O–H groups in total. The van der Waals surface area contributed by atoms with Crippen molar-refractivity contribution >= 4 is 28.7 Å². The molecule has 6 nitrogen and oxygen atoms in total. The molecule has 1 saturated heterocycles. The lowest BCUT2D eigenvalue weighted by atomic mass is 9.84. The average molecular weight is 331 g/mol. The molecule has 0 spiro atoms. The van der Waals surface area contributed by atoms with Gasteiger partial charge in [0.25, 0.3) is 0 Å². The second-order valence-corrected chi connectivity index (χ2v) is 4.46. The Hall–Kier alpha value is -1.05. The summed E-state index contributed by atoms with van der Waals surface area (Å²) < 4.78 is 0. The Bertz CT molecular complexity index is 385. The van der Waals surface area contributed by atoms with E-state index in [9.17, 15) is 9.90 Å². The molecule has 1 atom stereocenters. The van der Waals surface area contributed by atoms with Crippen LogP contribution in [0, 0.1) is 11.8 Å². The molecule has 7 heteroatoms. The van der Waals surface area contributed by atoms with Gasteiger partial charge in [-0.25, -0.2) is 4.98 Å². The van der Waals surface area contributed by atoms with Crippen LogP contribution in [0.5, 0.6) is 0 Å². The third kappa shape index (κ3) is 4.52. The Morgan fingerprint density at radius 1 is 1.47 bits per heavy atom. The third-order valence-electron chi connectivity index (χ3n) is 3.30. The number of anilines is 1. The summed E-state index contributed by atoms with van der Waals surface area (Å²) in [4.78, 5) is 20.0. The van der Waals surface area contributed by atoms with Crippen molar-refractivity contribution < 1.29 is 9.90 Å². The smallest absolute Gasteiger partial charge is 0.231 e. The summed E-state index contributed by atoms with van der Waals surface area (Å²) in [5.74, 6) is 0.113. The summed E-state index contributed by atoms with van der Waals surface area (Å²) in [6.07, 6.45) is 6.40. The van der Waals surface area contributed by atoms with Gasteiger partial charge in [-0.15, -0.1) is 17.0 Å². The fourth-order valence-corrected chi connectivity index (χ4v) is 2.28. The van der Waals surface area contributed by atoms with Gasteiger partial charge in [0.05, 0.1) is 18.7 Å². The lowest BCUT2D eigenvalue weighted by Gasteiger charge is -2.28. The van der Waals surface area contributed by atoms with E-state index in [2.05, 4.69) is 20.6 Å². The number of carbonyl (C=O) groups excluding carboxylic acids is 1. The van der Waals surface area contributed by atoms with Gasteiger partial charge in [0.15, 0.2) is 5.82 Å². The maximum atomic E-state index is 12.1. The predicted molar refractivity (Wildman–Crippen MR) is 77.2 cm³/mol. The highest BCUT2D eigenvalue weighted by molar-refractivity contribution is 8.93. The summed E-state index contributed by atoms with van der Waals surface area (Å²) in [7, 11) is 0. The monoisotopic (exact) mass is 330 g/mol. The standard InChI is InChI=1S/C12H18N4O2.BrH/c17-8-10(9-1-3-13-4-2-9)12(18)16-11-7-14-5-6-15-11;/h5-7,9-10,13,17H,1-4,8H2,(H,15,16,18);1H. The van der Waals surface area contributed by atoms with Gasteiger partial charge in [0, 0.05) is 12.4 Å². The molecular weight excluding hydrogens is 312 g/mol. The van der Waals surface area contributed by atoms with Gasteiger partial charge >= 0.3 is 0 Å². The number of piperidine rings is 1. The number of nitrogens with one attached hydrogen (secondary N) is 2. The first-order valence-corrected chi connectivity index (χ1v) is 6.19. The van der Waals surface area contributed by atoms with Crippen molar-refractivity contribution in [1.29, 1.82) is 0 Å². The molecule has 2 rings (SSSR count). The largest absolute Gasteiger partial charge is 0.396 e. The first-order valence-electron chi connectivity index (χ1n) is 6.19. The molecule has 1 fully saturated rings. The summed E-state index contributed by atoms with van der Waals surface area (Å²) in [5, 5.41) is 15.4. The zero-order valence-electron chi connectivity index (χ0n) is 10.6. The molecule has 106 valence electrons. The number of hydrogen-bond donors (Lipinski definition) is 3. The topological polar surface area (TPSA) is 87.1 Å². The van der Waals surface area contributed by atoms with Crippen molar-refractivity contribution in [2.24, 2.45) is 11.8 Å². The molecule has 0 saturated carbocycles. The Balaban J connectivity index is 0.00000180. The Labute approximate surface area is 122 Å². The van der Waals surface area contributed by atoms with Crippen LogP contribution in [0.3, 0.4) is 0 Å². The molecule has 1 unspecified atom stereocenters. The molecule has 1 aliphatic heterocycles. The average Bonchev–Trinajstić information content (AvgIpc) is 2.42. The number of amides is 1. The van der Waals surface area contributed by atoms with Crippen LogP contribution < -0.4 is 10.6 Å². The SMILES string of the molecule is Br.O=C(Nc1cnccn1)C(CO)C1CCNCC1. The summed E-state index contributed by atoms with van der Waals surface area (Å²) in [6.45, 7) is 1.68. The maximum Gasteiger partial charge on any atom is 0.231 e. The van der Waals surface area contributed by atoms with Crippen molar-refractivity contribution in [3.63, 3.8) is 0 Å². The molecule has 0 aliphatic carbocycles. The number of rotatable bonds is 4. The number of hydrogen-bond acceptors (Lipinski definition) is 5. The van der Waals surface area contributed by atoms with Crippen LogP contribution in [0.1, 0.15) is 12.8 Å². The summed E-state index contributed by atoms with van der Waals surface area (Å²) in [5.41, 5.74) is 0. The predicted octanol–water partition coefficient (Wildman–Crippen LogP) is 0.601. The van der Waals surface area contributed by atoms with Crippen molar-refractivity contribution in [3.05, 3.63) is 18.6 Å². The van der Waals surface area contributed by atoms with Crippen LogP contribution in [0.25, 0.3) is 0 Å². The highest BCUT2D eigenvalue weighted by Crippen LogP contribution is 2.22. The van der Waals surface area contributed by atoms with E-state index in [-0.39, 0.29) is 41.3 Å². The van der Waals surface area contributed by atoms with Crippen molar-refractivity contribution in [2.45, 2.75) is 12.8 Å². The van der Waals surface area contributed by atoms with Crippen LogP contribution in [0.4, 0.5) is 5.82 Å². The summed E-state index contributed by atoms with van der Waals surface area (Å²) >= 11 is 0. The number of halogens is 1. The minimum atomic E-state index is -0.367. The number of aliphatic hydroxyl groups is 1. The first kappa shape index (κ1) is 16.0. The molecule has 2 heterocycles. The van der Waals surface area contributed by atoms with E-state index < -0.39 is 0 Å². The van der Waals surface area contributed by atoms with Crippen LogP contribution in [0.15, 0.2) is 18.6 Å². The zero-order chi connectivity index (χ0) is 12.8. The third-order valence-corrected chi connectivity index (χ3v) is 3.30. The Morgan fingerprint density at radius 3 is 2.79 bits per heavy atom. The molecule has 0 bridgehead atoms. The number of aromatic nitrogens is 2. The molecule has 1 aliphatic rings. The second kappa shape index (κ2) is 8.19. The molecule has 1 aromatic heterocycles. The van der Waals surface area contributed by atoms with Crippen LogP contribution in [-0.2, 0) is 4.79 Å². The van der Waals surface area contributed by atoms with Crippen molar-refractivity contribution in [2.75, 3.05) is 25.0 Å². The van der Waals surface area contributed by atoms with E-state index in [1.54, 1.807) is 6.20 Å². The van der Waals surface area contributed by atoms with E-state index in [0.29, 0.717) is 5.82 Å². The molecular formula is C12H19BrN4O2. The lowest BCUT2D eigenvalue weighted by Crippen LogP contribution is -2.38. The highest BCUT2D eigenvalue weighted by Gasteiger charge is 2.29. The van der Waals surface area contributed by atoms with Crippen molar-refractivity contribution in [3.8, 4) is 0 Å². The van der Waals surface area contributed by atoms with Crippen LogP contribution >= 0.6 is 17.0 Å². The van der Waals surface area contributed by atoms with Gasteiger partial charge in [-0.1, -0.05) is 0 Å². The highest BCUT2D eigenvalue weighted by atomic mass is 79.9. The van der Waals surface area contributed by atoms with Gasteiger partial charge in [-0.3, -0.25) is 9.78 Å². The second-order valence-electron chi connectivity index (χ2n) is 4.46. The van der Waals surface area contributed by atoms with E-state index in [1.165, 1.54) is 12.4 Å². The quantitative estimate of drug-likeness (QED) is 0.752. The van der Waals surface area contributed by atoms with E-state index in [1.807, 2.05) is 0 Å². The number of carbonyl (C=O) groups is 1. The molecule has 0 radical (unpaired) electrons. The molecule has 1 amide bonds. The molecule has 19 heavy (non-hydrogen) atoms. The number of aliphatic hydroxyl groups excluding tert-OH is 1.